The van der Waals surface area contributed by atoms with Gasteiger partial charge >= 0.3 is 0 Å². The van der Waals surface area contributed by atoms with Crippen LogP contribution in [0.25, 0.3) is 0 Å². The maximum absolute atomic E-state index is 13.8. The van der Waals surface area contributed by atoms with Crippen molar-refractivity contribution in [1.29, 1.82) is 0 Å². The second-order valence-electron chi connectivity index (χ2n) is 7.12. The molecular formula is C21H25N3O6S. The first-order chi connectivity index (χ1) is 14.6. The van der Waals surface area contributed by atoms with Crippen molar-refractivity contribution in [3.05, 3.63) is 42.5 Å². The Morgan fingerprint density at radius 1 is 1.23 bits per heavy atom. The smallest absolute Gasteiger partial charge is 0.268 e. The molecule has 1 atom stereocenters. The first-order valence-corrected chi connectivity index (χ1v) is 11.1. The zero-order valence-electron chi connectivity index (χ0n) is 17.8. The zero-order valence-corrected chi connectivity index (χ0v) is 18.6. The summed E-state index contributed by atoms with van der Waals surface area (Å²) in [5.41, 5.74) is 0.634. The van der Waals surface area contributed by atoms with Gasteiger partial charge in [-0.15, -0.1) is 0 Å². The van der Waals surface area contributed by atoms with Crippen molar-refractivity contribution in [3.63, 3.8) is 0 Å². The molecule has 0 aromatic heterocycles. The van der Waals surface area contributed by atoms with Gasteiger partial charge in [0, 0.05) is 26.7 Å². The summed E-state index contributed by atoms with van der Waals surface area (Å²) in [6.07, 6.45) is -1.01. The molecule has 2 aromatic rings. The maximum Gasteiger partial charge on any atom is 0.268 e. The summed E-state index contributed by atoms with van der Waals surface area (Å²) < 4.78 is 40.0. The number of carbonyl (C=O) groups excluding carboxylic acids is 2. The number of fused-ring (bicyclic) bond motifs is 1. The Hall–Kier alpha value is -3.27. The van der Waals surface area contributed by atoms with Crippen LogP contribution in [0.2, 0.25) is 0 Å². The summed E-state index contributed by atoms with van der Waals surface area (Å²) in [6, 6.07) is 11.0. The number of amides is 2. The zero-order chi connectivity index (χ0) is 22.8. The van der Waals surface area contributed by atoms with E-state index in [4.69, 9.17) is 9.47 Å². The standard InChI is InChI=1S/C21H25N3O6S/c1-5-29-18-11-10-15(22-14(2)25)12-20(18)31(27,28)24-13-19(21(26)23(3)4)30-17-9-7-6-8-16(17)24/h6-12,19H,5,13H2,1-4H3,(H,22,25)/t19-/m0/s1. The third-order valence-corrected chi connectivity index (χ3v) is 6.38. The molecule has 0 saturated carbocycles. The maximum atomic E-state index is 13.8. The highest BCUT2D eigenvalue weighted by Crippen LogP contribution is 2.39. The number of hydrogen-bond acceptors (Lipinski definition) is 6. The molecule has 2 amide bonds. The highest BCUT2D eigenvalue weighted by atomic mass is 32.2. The Labute approximate surface area is 181 Å². The Morgan fingerprint density at radius 2 is 1.94 bits per heavy atom. The summed E-state index contributed by atoms with van der Waals surface area (Å²) in [5.74, 6) is -0.253. The Morgan fingerprint density at radius 3 is 2.58 bits per heavy atom. The average Bonchev–Trinajstić information content (AvgIpc) is 2.73. The van der Waals surface area contributed by atoms with Crippen LogP contribution in [0.4, 0.5) is 11.4 Å². The van der Waals surface area contributed by atoms with Gasteiger partial charge in [-0.05, 0) is 37.3 Å². The van der Waals surface area contributed by atoms with Crippen LogP contribution >= 0.6 is 0 Å². The molecule has 166 valence electrons. The lowest BCUT2D eigenvalue weighted by atomic mass is 10.2. The number of nitrogens with one attached hydrogen (secondary N) is 1. The minimum absolute atomic E-state index is 0.117. The number of para-hydroxylation sites is 2. The van der Waals surface area contributed by atoms with Gasteiger partial charge in [0.2, 0.25) is 5.91 Å². The van der Waals surface area contributed by atoms with Crippen molar-refractivity contribution in [3.8, 4) is 11.5 Å². The average molecular weight is 448 g/mol. The van der Waals surface area contributed by atoms with E-state index in [-0.39, 0.29) is 41.4 Å². The van der Waals surface area contributed by atoms with Gasteiger partial charge in [-0.3, -0.25) is 13.9 Å². The minimum atomic E-state index is -4.17. The van der Waals surface area contributed by atoms with Crippen LogP contribution in [-0.4, -0.2) is 58.5 Å². The van der Waals surface area contributed by atoms with Crippen molar-refractivity contribution in [2.24, 2.45) is 0 Å². The molecule has 1 aliphatic heterocycles. The fourth-order valence-electron chi connectivity index (χ4n) is 3.23. The summed E-state index contributed by atoms with van der Waals surface area (Å²) in [4.78, 5) is 25.3. The van der Waals surface area contributed by atoms with E-state index in [9.17, 15) is 18.0 Å². The molecule has 1 N–H and O–H groups in total. The predicted octanol–water partition coefficient (Wildman–Crippen LogP) is 2.09. The molecule has 0 unspecified atom stereocenters. The number of ether oxygens (including phenoxy) is 2. The van der Waals surface area contributed by atoms with Crippen molar-refractivity contribution in [2.75, 3.05) is 36.9 Å². The molecule has 0 radical (unpaired) electrons. The van der Waals surface area contributed by atoms with Crippen LogP contribution in [0, 0.1) is 0 Å². The van der Waals surface area contributed by atoms with Crippen molar-refractivity contribution in [2.45, 2.75) is 24.8 Å². The van der Waals surface area contributed by atoms with Gasteiger partial charge < -0.3 is 19.7 Å². The van der Waals surface area contributed by atoms with E-state index in [0.29, 0.717) is 11.4 Å². The minimum Gasteiger partial charge on any atom is -0.492 e. The summed E-state index contributed by atoms with van der Waals surface area (Å²) in [5, 5.41) is 2.59. The summed E-state index contributed by atoms with van der Waals surface area (Å²) >= 11 is 0. The molecule has 3 rings (SSSR count). The van der Waals surface area contributed by atoms with E-state index in [1.165, 1.54) is 24.0 Å². The predicted molar refractivity (Wildman–Crippen MR) is 116 cm³/mol. The van der Waals surface area contributed by atoms with Crippen molar-refractivity contribution < 1.29 is 27.5 Å². The second-order valence-corrected chi connectivity index (χ2v) is 8.95. The number of nitrogens with zero attached hydrogens (tertiary/aromatic N) is 2. The molecule has 0 fully saturated rings. The Balaban J connectivity index is 2.13. The van der Waals surface area contributed by atoms with Crippen LogP contribution in [0.15, 0.2) is 47.4 Å². The van der Waals surface area contributed by atoms with E-state index >= 15 is 0 Å². The lowest BCUT2D eigenvalue weighted by Gasteiger charge is -2.35. The monoisotopic (exact) mass is 447 g/mol. The molecule has 0 spiro atoms. The SMILES string of the molecule is CCOc1ccc(NC(C)=O)cc1S(=O)(=O)N1C[C@@H](C(=O)N(C)C)Oc2ccccc21. The van der Waals surface area contributed by atoms with Crippen LogP contribution in [0.1, 0.15) is 13.8 Å². The van der Waals surface area contributed by atoms with E-state index in [1.54, 1.807) is 51.4 Å². The first kappa shape index (κ1) is 22.4. The molecular weight excluding hydrogens is 422 g/mol. The van der Waals surface area contributed by atoms with Crippen molar-refractivity contribution in [1.82, 2.24) is 4.90 Å². The van der Waals surface area contributed by atoms with Crippen LogP contribution in [-0.2, 0) is 19.6 Å². The van der Waals surface area contributed by atoms with Gasteiger partial charge in [0.1, 0.15) is 16.4 Å². The van der Waals surface area contributed by atoms with Gasteiger partial charge in [-0.1, -0.05) is 12.1 Å². The molecule has 0 saturated heterocycles. The van der Waals surface area contributed by atoms with E-state index < -0.39 is 16.1 Å². The molecule has 0 bridgehead atoms. The fourth-order valence-corrected chi connectivity index (χ4v) is 4.87. The van der Waals surface area contributed by atoms with E-state index in [0.717, 1.165) is 4.31 Å². The first-order valence-electron chi connectivity index (χ1n) is 9.69. The van der Waals surface area contributed by atoms with Gasteiger partial charge in [0.25, 0.3) is 15.9 Å². The third kappa shape index (κ3) is 4.58. The van der Waals surface area contributed by atoms with Gasteiger partial charge in [-0.2, -0.15) is 0 Å². The van der Waals surface area contributed by atoms with E-state index in [2.05, 4.69) is 5.32 Å². The highest BCUT2D eigenvalue weighted by Gasteiger charge is 2.39. The third-order valence-electron chi connectivity index (χ3n) is 4.58. The number of carbonyl (C=O) groups is 2. The molecule has 0 aliphatic carbocycles. The van der Waals surface area contributed by atoms with Gasteiger partial charge in [0.15, 0.2) is 6.10 Å². The molecule has 31 heavy (non-hydrogen) atoms. The van der Waals surface area contributed by atoms with Crippen LogP contribution < -0.4 is 19.1 Å². The lowest BCUT2D eigenvalue weighted by Crippen LogP contribution is -2.50. The van der Waals surface area contributed by atoms with Gasteiger partial charge in [-0.25, -0.2) is 8.42 Å². The van der Waals surface area contributed by atoms with Gasteiger partial charge in [0.05, 0.1) is 18.8 Å². The Kier molecular flexibility index (Phi) is 6.40. The molecule has 2 aromatic carbocycles. The lowest BCUT2D eigenvalue weighted by molar-refractivity contribution is -0.135. The largest absolute Gasteiger partial charge is 0.492 e. The topological polar surface area (TPSA) is 105 Å². The fraction of sp³-hybridized carbons (Fsp3) is 0.333. The quantitative estimate of drug-likeness (QED) is 0.727. The molecule has 10 heteroatoms. The number of likely N-dealkylation sites (N-methyl/N-ethyl adjacent to an activating group) is 1. The van der Waals surface area contributed by atoms with Crippen LogP contribution in [0.3, 0.4) is 0 Å². The summed E-state index contributed by atoms with van der Waals surface area (Å²) in [7, 11) is -1.02. The number of anilines is 2. The van der Waals surface area contributed by atoms with Crippen molar-refractivity contribution >= 4 is 33.2 Å². The molecule has 1 heterocycles. The normalized spacial score (nSPS) is 15.5. The molecule has 9 nitrogen and oxygen atoms in total. The summed E-state index contributed by atoms with van der Waals surface area (Å²) in [6.45, 7) is 3.13. The number of rotatable bonds is 6. The van der Waals surface area contributed by atoms with Crippen LogP contribution in [0.5, 0.6) is 11.5 Å². The number of sulfonamides is 1. The highest BCUT2D eigenvalue weighted by molar-refractivity contribution is 7.93. The van der Waals surface area contributed by atoms with E-state index in [1.807, 2.05) is 0 Å². The second kappa shape index (κ2) is 8.84. The number of hydrogen-bond donors (Lipinski definition) is 1. The number of benzene rings is 2. The Bertz CT molecular complexity index is 1100. The molecule has 1 aliphatic rings.